The normalized spacial score (nSPS) is 15.7. The summed E-state index contributed by atoms with van der Waals surface area (Å²) in [5.41, 5.74) is 5.08. The molecule has 12 heteroatoms. The summed E-state index contributed by atoms with van der Waals surface area (Å²) in [6.07, 6.45) is 1.30. The Morgan fingerprint density at radius 3 is 2.72 bits per heavy atom. The molecule has 5 heterocycles. The van der Waals surface area contributed by atoms with Crippen LogP contribution in [0.25, 0.3) is 43.9 Å². The molecule has 3 aromatic heterocycles. The number of fused-ring (bicyclic) bond motifs is 3. The monoisotopic (exact) mass is 655 g/mol. The first-order valence-electron chi connectivity index (χ1n) is 15.1. The fraction of sp³-hybridized carbons (Fsp3) is 0.257. The molecule has 0 spiro atoms. The van der Waals surface area contributed by atoms with E-state index < -0.39 is 11.6 Å². The number of aromatic nitrogens is 3. The molecule has 1 atom stereocenters. The lowest BCUT2D eigenvalue weighted by Crippen LogP contribution is -2.40. The Balaban J connectivity index is 1.49. The van der Waals surface area contributed by atoms with Gasteiger partial charge in [0.05, 0.1) is 36.1 Å². The number of carbonyl (C=O) groups excluding carboxylic acids is 2. The van der Waals surface area contributed by atoms with Gasteiger partial charge in [-0.25, -0.2) is 13.8 Å². The number of carbonyl (C=O) groups is 2. The maximum Gasteiger partial charge on any atom is 0.254 e. The molecule has 0 fully saturated rings. The number of ether oxygens (including phenoxy) is 2. The van der Waals surface area contributed by atoms with Crippen molar-refractivity contribution in [1.29, 1.82) is 0 Å². The summed E-state index contributed by atoms with van der Waals surface area (Å²) < 4.78 is 44.3. The minimum absolute atomic E-state index is 0.0178. The number of halogens is 2. The molecule has 240 valence electrons. The van der Waals surface area contributed by atoms with Gasteiger partial charge in [-0.2, -0.15) is 5.10 Å². The fourth-order valence-electron chi connectivity index (χ4n) is 6.45. The standard InChI is InChI=1S/C35H31F2N5O4S/c1-5-29(43)41-9-10-42-27(19(41)2)17-26(39-42)33-31(30-25(37)15-22(36)16-28(30)46-12-11-45-4)34-24(8-13-47-34)32(38-33)20-6-7-23-21(14-20)18-40(3)35(23)44/h5-8,13-17,19H,1,9-12,18H2,2-4H3/t19-/m1/s1. The van der Waals surface area contributed by atoms with Crippen molar-refractivity contribution in [3.05, 3.63) is 89.0 Å². The lowest BCUT2D eigenvalue weighted by molar-refractivity contribution is -0.129. The van der Waals surface area contributed by atoms with Crippen molar-refractivity contribution in [3.63, 3.8) is 0 Å². The van der Waals surface area contributed by atoms with Crippen molar-refractivity contribution < 1.29 is 27.8 Å². The smallest absolute Gasteiger partial charge is 0.254 e. The fourth-order valence-corrected chi connectivity index (χ4v) is 7.40. The Morgan fingerprint density at radius 1 is 1.11 bits per heavy atom. The maximum atomic E-state index is 16.1. The largest absolute Gasteiger partial charge is 0.490 e. The van der Waals surface area contributed by atoms with Crippen molar-refractivity contribution in [2.75, 3.05) is 33.9 Å². The van der Waals surface area contributed by atoms with Crippen LogP contribution >= 0.6 is 11.3 Å². The first-order valence-corrected chi connectivity index (χ1v) is 16.0. The van der Waals surface area contributed by atoms with Gasteiger partial charge in [-0.3, -0.25) is 14.3 Å². The average molecular weight is 656 g/mol. The number of thiophene rings is 1. The third-order valence-electron chi connectivity index (χ3n) is 8.74. The molecule has 2 aliphatic heterocycles. The van der Waals surface area contributed by atoms with E-state index in [0.717, 1.165) is 34.3 Å². The van der Waals surface area contributed by atoms with Gasteiger partial charge in [-0.1, -0.05) is 12.6 Å². The van der Waals surface area contributed by atoms with Crippen LogP contribution in [-0.2, 0) is 22.6 Å². The van der Waals surface area contributed by atoms with Gasteiger partial charge in [-0.05, 0) is 48.2 Å². The Bertz CT molecular complexity index is 2090. The van der Waals surface area contributed by atoms with Crippen LogP contribution in [0.3, 0.4) is 0 Å². The first kappa shape index (κ1) is 30.7. The molecule has 0 bridgehead atoms. The third-order valence-corrected chi connectivity index (χ3v) is 9.68. The summed E-state index contributed by atoms with van der Waals surface area (Å²) in [6.45, 7) is 7.23. The van der Waals surface area contributed by atoms with Crippen LogP contribution < -0.4 is 4.74 Å². The van der Waals surface area contributed by atoms with E-state index >= 15 is 4.39 Å². The molecule has 7 rings (SSSR count). The topological polar surface area (TPSA) is 89.8 Å². The van der Waals surface area contributed by atoms with Crippen LogP contribution in [0, 0.1) is 11.6 Å². The van der Waals surface area contributed by atoms with Crippen LogP contribution in [-0.4, -0.2) is 70.3 Å². The van der Waals surface area contributed by atoms with E-state index in [9.17, 15) is 14.0 Å². The zero-order valence-electron chi connectivity index (χ0n) is 26.0. The Kier molecular flexibility index (Phi) is 7.85. The van der Waals surface area contributed by atoms with E-state index in [1.54, 1.807) is 16.8 Å². The van der Waals surface area contributed by atoms with Crippen LogP contribution in [0.2, 0.25) is 0 Å². The van der Waals surface area contributed by atoms with Crippen molar-refractivity contribution in [2.45, 2.75) is 26.1 Å². The van der Waals surface area contributed by atoms with Crippen molar-refractivity contribution in [1.82, 2.24) is 24.6 Å². The van der Waals surface area contributed by atoms with Gasteiger partial charge in [-0.15, -0.1) is 11.3 Å². The van der Waals surface area contributed by atoms with Crippen LogP contribution in [0.1, 0.15) is 34.6 Å². The number of rotatable bonds is 8. The maximum absolute atomic E-state index is 16.1. The summed E-state index contributed by atoms with van der Waals surface area (Å²) in [5.74, 6) is -1.78. The van der Waals surface area contributed by atoms with Crippen molar-refractivity contribution >= 4 is 33.2 Å². The molecule has 5 aromatic rings. The minimum atomic E-state index is -0.804. The molecule has 0 radical (unpaired) electrons. The molecule has 2 aromatic carbocycles. The summed E-state index contributed by atoms with van der Waals surface area (Å²) >= 11 is 1.40. The number of benzene rings is 2. The molecular weight excluding hydrogens is 624 g/mol. The molecule has 0 unspecified atom stereocenters. The van der Waals surface area contributed by atoms with E-state index in [0.29, 0.717) is 52.5 Å². The number of hydrogen-bond donors (Lipinski definition) is 0. The highest BCUT2D eigenvalue weighted by Crippen LogP contribution is 2.47. The molecule has 0 N–H and O–H groups in total. The molecule has 2 amide bonds. The third kappa shape index (κ3) is 5.17. The van der Waals surface area contributed by atoms with Crippen LogP contribution in [0.5, 0.6) is 5.75 Å². The number of methoxy groups -OCH3 is 1. The molecule has 2 aliphatic rings. The summed E-state index contributed by atoms with van der Waals surface area (Å²) in [7, 11) is 3.28. The van der Waals surface area contributed by atoms with E-state index in [1.165, 1.54) is 24.5 Å². The van der Waals surface area contributed by atoms with E-state index in [1.807, 2.05) is 47.3 Å². The lowest BCUT2D eigenvalue weighted by Gasteiger charge is -2.33. The molecule has 47 heavy (non-hydrogen) atoms. The molecule has 0 aliphatic carbocycles. The van der Waals surface area contributed by atoms with Gasteiger partial charge >= 0.3 is 0 Å². The summed E-state index contributed by atoms with van der Waals surface area (Å²) in [4.78, 5) is 33.8. The van der Waals surface area contributed by atoms with Gasteiger partial charge in [0.25, 0.3) is 5.91 Å². The van der Waals surface area contributed by atoms with Gasteiger partial charge in [0.15, 0.2) is 0 Å². The zero-order chi connectivity index (χ0) is 33.0. The highest BCUT2D eigenvalue weighted by atomic mass is 32.1. The number of hydrogen-bond acceptors (Lipinski definition) is 7. The molecule has 9 nitrogen and oxygen atoms in total. The predicted octanol–water partition coefficient (Wildman–Crippen LogP) is 6.47. The number of pyridine rings is 1. The average Bonchev–Trinajstić information content (AvgIpc) is 3.78. The second-order valence-electron chi connectivity index (χ2n) is 11.6. The van der Waals surface area contributed by atoms with Gasteiger partial charge < -0.3 is 19.3 Å². The van der Waals surface area contributed by atoms with Crippen LogP contribution in [0.15, 0.2) is 60.5 Å². The van der Waals surface area contributed by atoms with E-state index in [2.05, 4.69) is 6.58 Å². The number of amides is 2. The highest BCUT2D eigenvalue weighted by Gasteiger charge is 2.32. The minimum Gasteiger partial charge on any atom is -0.490 e. The zero-order valence-corrected chi connectivity index (χ0v) is 26.9. The van der Waals surface area contributed by atoms with Crippen LogP contribution in [0.4, 0.5) is 8.78 Å². The quantitative estimate of drug-likeness (QED) is 0.141. The Morgan fingerprint density at radius 2 is 1.94 bits per heavy atom. The van der Waals surface area contributed by atoms with Gasteiger partial charge in [0.1, 0.15) is 35.4 Å². The highest BCUT2D eigenvalue weighted by molar-refractivity contribution is 7.18. The molecule has 0 saturated carbocycles. The van der Waals surface area contributed by atoms with Gasteiger partial charge in [0.2, 0.25) is 5.91 Å². The predicted molar refractivity (Wildman–Crippen MR) is 175 cm³/mol. The Hall–Kier alpha value is -4.94. The number of nitrogens with zero attached hydrogens (tertiary/aromatic N) is 5. The van der Waals surface area contributed by atoms with Crippen molar-refractivity contribution in [2.24, 2.45) is 0 Å². The SMILES string of the molecule is C=CC(=O)N1CCn2nc(-c3nc(-c4ccc5c(c4)CN(C)C5=O)c4ccsc4c3-c3c(F)cc(F)cc3OCCOC)cc2[C@H]1C. The molecular formula is C35H31F2N5O4S. The summed E-state index contributed by atoms with van der Waals surface area (Å²) in [6, 6.07) is 11.1. The second kappa shape index (κ2) is 12.0. The van der Waals surface area contributed by atoms with E-state index in [4.69, 9.17) is 19.6 Å². The van der Waals surface area contributed by atoms with E-state index in [-0.39, 0.29) is 42.4 Å². The lowest BCUT2D eigenvalue weighted by atomic mass is 9.95. The van der Waals surface area contributed by atoms with Gasteiger partial charge in [0, 0.05) is 66.2 Å². The summed E-state index contributed by atoms with van der Waals surface area (Å²) in [5, 5.41) is 7.58. The first-order chi connectivity index (χ1) is 22.7. The second-order valence-corrected chi connectivity index (χ2v) is 12.5. The van der Waals surface area contributed by atoms with Crippen molar-refractivity contribution in [3.8, 4) is 39.5 Å². The molecule has 0 saturated heterocycles. The Labute approximate surface area is 273 Å².